The number of nitrogens with two attached hydrogens (primary N) is 1. The molecule has 1 fully saturated rings. The van der Waals surface area contributed by atoms with Crippen molar-refractivity contribution in [3.63, 3.8) is 0 Å². The second-order valence-electron chi connectivity index (χ2n) is 7.02. The number of nitrogens with zero attached hydrogens (tertiary/aromatic N) is 1. The van der Waals surface area contributed by atoms with Crippen LogP contribution in [0.5, 0.6) is 0 Å². The van der Waals surface area contributed by atoms with Gasteiger partial charge in [-0.15, -0.1) is 0 Å². The van der Waals surface area contributed by atoms with E-state index in [4.69, 9.17) is 15.2 Å². The summed E-state index contributed by atoms with van der Waals surface area (Å²) in [6.07, 6.45) is 2.90. The lowest BCUT2D eigenvalue weighted by atomic mass is 9.93. The molecule has 8 heteroatoms. The Hall–Kier alpha value is -2.35. The van der Waals surface area contributed by atoms with E-state index >= 15 is 0 Å². The number of aromatic amines is 1. The van der Waals surface area contributed by atoms with Gasteiger partial charge in [0.25, 0.3) is 5.91 Å². The number of hydrogen-bond donors (Lipinski definition) is 2. The summed E-state index contributed by atoms with van der Waals surface area (Å²) >= 11 is 0. The molecule has 1 aromatic heterocycles. The van der Waals surface area contributed by atoms with Crippen molar-refractivity contribution >= 4 is 17.8 Å². The summed E-state index contributed by atoms with van der Waals surface area (Å²) in [5, 5.41) is 0. The summed E-state index contributed by atoms with van der Waals surface area (Å²) in [5.41, 5.74) is 7.26. The molecule has 1 atom stereocenters. The zero-order valence-corrected chi connectivity index (χ0v) is 16.3. The fourth-order valence-corrected chi connectivity index (χ4v) is 3.55. The molecular weight excluding hydrogens is 350 g/mol. The van der Waals surface area contributed by atoms with Crippen LogP contribution in [-0.4, -0.2) is 61.1 Å². The number of carbonyl (C=O) groups excluding carboxylic acids is 3. The molecule has 0 aliphatic carbocycles. The Morgan fingerprint density at radius 2 is 2.00 bits per heavy atom. The number of carbonyl (C=O) groups is 3. The fraction of sp³-hybridized carbons (Fsp3) is 0.632. The van der Waals surface area contributed by atoms with Gasteiger partial charge in [-0.05, 0) is 44.6 Å². The quantitative estimate of drug-likeness (QED) is 0.525. The first-order chi connectivity index (χ1) is 12.8. The van der Waals surface area contributed by atoms with E-state index in [1.165, 1.54) is 7.11 Å². The molecule has 1 unspecified atom stereocenters. The Labute approximate surface area is 159 Å². The lowest BCUT2D eigenvalue weighted by Crippen LogP contribution is -2.40. The molecule has 0 bridgehead atoms. The third-order valence-electron chi connectivity index (χ3n) is 4.98. The highest BCUT2D eigenvalue weighted by atomic mass is 16.6. The number of rotatable bonds is 8. The van der Waals surface area contributed by atoms with Crippen molar-refractivity contribution in [3.8, 4) is 0 Å². The summed E-state index contributed by atoms with van der Waals surface area (Å²) in [7, 11) is 1.53. The molecule has 0 aromatic carbocycles. The van der Waals surface area contributed by atoms with Gasteiger partial charge in [0, 0.05) is 32.3 Å². The molecule has 0 spiro atoms. The van der Waals surface area contributed by atoms with Crippen LogP contribution in [0.15, 0.2) is 0 Å². The molecule has 0 radical (unpaired) electrons. The SMILES string of the molecule is COCCOC(=O)c1c(C)[nH]c(C(=O)N2CCCC(CCC(N)=O)C2)c1C. The highest BCUT2D eigenvalue weighted by molar-refractivity contribution is 6.00. The van der Waals surface area contributed by atoms with Crippen molar-refractivity contribution in [3.05, 3.63) is 22.5 Å². The van der Waals surface area contributed by atoms with E-state index in [9.17, 15) is 14.4 Å². The van der Waals surface area contributed by atoms with Crippen molar-refractivity contribution < 1.29 is 23.9 Å². The van der Waals surface area contributed by atoms with Gasteiger partial charge >= 0.3 is 5.97 Å². The van der Waals surface area contributed by atoms with Crippen LogP contribution in [0.3, 0.4) is 0 Å². The number of likely N-dealkylation sites (tertiary alicyclic amines) is 1. The Kier molecular flexibility index (Phi) is 7.41. The van der Waals surface area contributed by atoms with Crippen LogP contribution in [0.1, 0.15) is 57.8 Å². The van der Waals surface area contributed by atoms with E-state index in [-0.39, 0.29) is 24.3 Å². The van der Waals surface area contributed by atoms with Gasteiger partial charge in [-0.2, -0.15) is 0 Å². The number of primary amides is 1. The summed E-state index contributed by atoms with van der Waals surface area (Å²) in [4.78, 5) is 41.1. The molecule has 2 heterocycles. The number of nitrogens with one attached hydrogen (secondary N) is 1. The normalized spacial score (nSPS) is 17.0. The first-order valence-electron chi connectivity index (χ1n) is 9.28. The predicted molar refractivity (Wildman–Crippen MR) is 99.5 cm³/mol. The molecule has 2 amide bonds. The van der Waals surface area contributed by atoms with E-state index in [0.717, 1.165) is 12.8 Å². The lowest BCUT2D eigenvalue weighted by Gasteiger charge is -2.32. The molecule has 27 heavy (non-hydrogen) atoms. The smallest absolute Gasteiger partial charge is 0.340 e. The molecule has 8 nitrogen and oxygen atoms in total. The Bertz CT molecular complexity index is 698. The van der Waals surface area contributed by atoms with Gasteiger partial charge < -0.3 is 25.1 Å². The van der Waals surface area contributed by atoms with Crippen molar-refractivity contribution in [2.75, 3.05) is 33.4 Å². The second kappa shape index (κ2) is 9.55. The number of methoxy groups -OCH3 is 1. The number of aryl methyl sites for hydroxylation is 1. The van der Waals surface area contributed by atoms with E-state index in [1.54, 1.807) is 18.7 Å². The van der Waals surface area contributed by atoms with Gasteiger partial charge in [0.05, 0.1) is 12.2 Å². The Morgan fingerprint density at radius 1 is 1.26 bits per heavy atom. The van der Waals surface area contributed by atoms with Crippen molar-refractivity contribution in [1.82, 2.24) is 9.88 Å². The van der Waals surface area contributed by atoms with Gasteiger partial charge in [-0.3, -0.25) is 9.59 Å². The molecule has 1 aromatic rings. The maximum atomic E-state index is 13.0. The van der Waals surface area contributed by atoms with Crippen LogP contribution in [0.4, 0.5) is 0 Å². The van der Waals surface area contributed by atoms with E-state index < -0.39 is 5.97 Å². The second-order valence-corrected chi connectivity index (χ2v) is 7.02. The third-order valence-corrected chi connectivity index (χ3v) is 4.98. The molecule has 3 N–H and O–H groups in total. The van der Waals surface area contributed by atoms with Gasteiger partial charge in [-0.1, -0.05) is 0 Å². The molecule has 150 valence electrons. The number of H-pyrrole nitrogens is 1. The van der Waals surface area contributed by atoms with Crippen LogP contribution in [-0.2, 0) is 14.3 Å². The largest absolute Gasteiger partial charge is 0.460 e. The molecule has 1 aliphatic heterocycles. The standard InChI is InChI=1S/C19H29N3O5/c1-12-16(19(25)27-10-9-26-3)13(2)21-17(12)18(24)22-8-4-5-14(11-22)6-7-15(20)23/h14,21H,4-11H2,1-3H3,(H2,20,23). The zero-order valence-electron chi connectivity index (χ0n) is 16.3. The van der Waals surface area contributed by atoms with Crippen molar-refractivity contribution in [2.45, 2.75) is 39.5 Å². The number of piperidine rings is 1. The van der Waals surface area contributed by atoms with Crippen molar-refractivity contribution in [1.29, 1.82) is 0 Å². The van der Waals surface area contributed by atoms with Crippen LogP contribution in [0, 0.1) is 19.8 Å². The summed E-state index contributed by atoms with van der Waals surface area (Å²) in [6.45, 7) is 5.24. The van der Waals surface area contributed by atoms with E-state index in [0.29, 0.717) is 55.1 Å². The minimum Gasteiger partial charge on any atom is -0.460 e. The van der Waals surface area contributed by atoms with Crippen LogP contribution < -0.4 is 5.73 Å². The van der Waals surface area contributed by atoms with Crippen LogP contribution >= 0.6 is 0 Å². The van der Waals surface area contributed by atoms with Crippen molar-refractivity contribution in [2.24, 2.45) is 11.7 Å². The Balaban J connectivity index is 2.08. The summed E-state index contributed by atoms with van der Waals surface area (Å²) in [6, 6.07) is 0. The molecule has 0 saturated carbocycles. The minimum absolute atomic E-state index is 0.129. The highest BCUT2D eigenvalue weighted by Gasteiger charge is 2.29. The fourth-order valence-electron chi connectivity index (χ4n) is 3.55. The highest BCUT2D eigenvalue weighted by Crippen LogP contribution is 2.25. The average molecular weight is 379 g/mol. The first kappa shape index (κ1) is 21.0. The lowest BCUT2D eigenvalue weighted by molar-refractivity contribution is -0.118. The van der Waals surface area contributed by atoms with Gasteiger partial charge in [0.1, 0.15) is 12.3 Å². The third kappa shape index (κ3) is 5.32. The molecule has 1 aliphatic rings. The van der Waals surface area contributed by atoms with Gasteiger partial charge in [0.15, 0.2) is 0 Å². The predicted octanol–water partition coefficient (Wildman–Crippen LogP) is 1.55. The molecule has 2 rings (SSSR count). The number of amides is 2. The monoisotopic (exact) mass is 379 g/mol. The van der Waals surface area contributed by atoms with E-state index in [2.05, 4.69) is 4.98 Å². The average Bonchev–Trinajstić information content (AvgIpc) is 2.94. The van der Waals surface area contributed by atoms with E-state index in [1.807, 2.05) is 0 Å². The summed E-state index contributed by atoms with van der Waals surface area (Å²) in [5.74, 6) is -0.637. The molecule has 1 saturated heterocycles. The first-order valence-corrected chi connectivity index (χ1v) is 9.28. The Morgan fingerprint density at radius 3 is 2.67 bits per heavy atom. The number of esters is 1. The van der Waals surface area contributed by atoms with Crippen LogP contribution in [0.25, 0.3) is 0 Å². The minimum atomic E-state index is -0.463. The number of ether oxygens (including phenoxy) is 2. The molecular formula is C19H29N3O5. The number of aromatic nitrogens is 1. The van der Waals surface area contributed by atoms with Crippen LogP contribution in [0.2, 0.25) is 0 Å². The maximum Gasteiger partial charge on any atom is 0.340 e. The summed E-state index contributed by atoms with van der Waals surface area (Å²) < 4.78 is 10.1. The van der Waals surface area contributed by atoms with Gasteiger partial charge in [-0.25, -0.2) is 4.79 Å². The topological polar surface area (TPSA) is 115 Å². The number of hydrogen-bond acceptors (Lipinski definition) is 5. The zero-order chi connectivity index (χ0) is 20.0. The maximum absolute atomic E-state index is 13.0. The van der Waals surface area contributed by atoms with Gasteiger partial charge in [0.2, 0.25) is 5.91 Å².